The minimum Gasteiger partial charge on any atom is -0.493 e. The van der Waals surface area contributed by atoms with Crippen molar-refractivity contribution >= 4 is 27.8 Å². The van der Waals surface area contributed by atoms with Gasteiger partial charge in [0.1, 0.15) is 0 Å². The van der Waals surface area contributed by atoms with Crippen LogP contribution in [0.1, 0.15) is 35.3 Å². The molecular weight excluding hydrogens is 402 g/mol. The Labute approximate surface area is 160 Å². The third-order valence-electron chi connectivity index (χ3n) is 3.66. The van der Waals surface area contributed by atoms with Crippen LogP contribution in [0, 0.1) is 0 Å². The Kier molecular flexibility index (Phi) is 7.03. The van der Waals surface area contributed by atoms with Gasteiger partial charge in [0, 0.05) is 10.0 Å². The zero-order chi connectivity index (χ0) is 19.1. The molecule has 0 heterocycles. The van der Waals surface area contributed by atoms with E-state index < -0.39 is 12.0 Å². The molecule has 0 radical (unpaired) electrons. The summed E-state index contributed by atoms with van der Waals surface area (Å²) in [6.45, 7) is 2.34. The molecule has 0 aliphatic heterocycles. The molecule has 0 fully saturated rings. The van der Waals surface area contributed by atoms with E-state index >= 15 is 0 Å². The van der Waals surface area contributed by atoms with Crippen molar-refractivity contribution in [2.24, 2.45) is 0 Å². The number of carboxylic acid groups (broad SMARTS) is 1. The Morgan fingerprint density at radius 3 is 2.58 bits per heavy atom. The fraction of sp³-hybridized carbons (Fsp3) is 0.263. The summed E-state index contributed by atoms with van der Waals surface area (Å²) in [6.07, 6.45) is -0.253. The van der Waals surface area contributed by atoms with Crippen molar-refractivity contribution < 1.29 is 24.2 Å². The molecule has 138 valence electrons. The predicted octanol–water partition coefficient (Wildman–Crippen LogP) is 3.80. The monoisotopic (exact) mass is 421 g/mol. The van der Waals surface area contributed by atoms with E-state index in [1.54, 1.807) is 36.4 Å². The Morgan fingerprint density at radius 1 is 1.19 bits per heavy atom. The minimum atomic E-state index is -1.02. The molecular formula is C19H20BrNO5. The molecule has 0 aliphatic rings. The molecule has 1 amide bonds. The van der Waals surface area contributed by atoms with Gasteiger partial charge in [-0.25, -0.2) is 0 Å². The fourth-order valence-electron chi connectivity index (χ4n) is 2.47. The highest BCUT2D eigenvalue weighted by atomic mass is 79.9. The molecule has 7 heteroatoms. The number of methoxy groups -OCH3 is 1. The standard InChI is InChI=1S/C19H20BrNO5/c1-3-26-16-8-7-12(10-17(16)25-2)15(11-18(22)23)21-19(24)13-5-4-6-14(20)9-13/h4-10,15H,3,11H2,1-2H3,(H,21,24)(H,22,23). The number of hydrogen-bond acceptors (Lipinski definition) is 4. The molecule has 0 saturated heterocycles. The first-order chi connectivity index (χ1) is 12.4. The number of ether oxygens (including phenoxy) is 2. The molecule has 1 unspecified atom stereocenters. The molecule has 2 aromatic rings. The molecule has 0 saturated carbocycles. The Hall–Kier alpha value is -2.54. The van der Waals surface area contributed by atoms with Crippen LogP contribution >= 0.6 is 15.9 Å². The summed E-state index contributed by atoms with van der Waals surface area (Å²) in [5, 5.41) is 12.0. The number of carbonyl (C=O) groups excluding carboxylic acids is 1. The van der Waals surface area contributed by atoms with E-state index in [0.29, 0.717) is 29.2 Å². The second-order valence-corrected chi connectivity index (χ2v) is 6.39. The number of hydrogen-bond donors (Lipinski definition) is 2. The van der Waals surface area contributed by atoms with E-state index in [1.165, 1.54) is 7.11 Å². The van der Waals surface area contributed by atoms with Gasteiger partial charge in [-0.1, -0.05) is 28.1 Å². The number of amides is 1. The van der Waals surface area contributed by atoms with Gasteiger partial charge < -0.3 is 19.9 Å². The zero-order valence-electron chi connectivity index (χ0n) is 14.5. The van der Waals surface area contributed by atoms with Gasteiger partial charge in [-0.05, 0) is 42.8 Å². The van der Waals surface area contributed by atoms with Gasteiger partial charge in [-0.2, -0.15) is 0 Å². The second kappa shape index (κ2) is 9.24. The molecule has 26 heavy (non-hydrogen) atoms. The van der Waals surface area contributed by atoms with Crippen LogP contribution in [-0.2, 0) is 4.79 Å². The van der Waals surface area contributed by atoms with Crippen LogP contribution in [0.3, 0.4) is 0 Å². The molecule has 2 aromatic carbocycles. The maximum absolute atomic E-state index is 12.5. The van der Waals surface area contributed by atoms with Gasteiger partial charge in [-0.3, -0.25) is 9.59 Å². The van der Waals surface area contributed by atoms with Crippen LogP contribution in [0.15, 0.2) is 46.9 Å². The van der Waals surface area contributed by atoms with Crippen molar-refractivity contribution in [2.45, 2.75) is 19.4 Å². The van der Waals surface area contributed by atoms with E-state index in [9.17, 15) is 14.7 Å². The summed E-state index contributed by atoms with van der Waals surface area (Å²) >= 11 is 3.32. The number of rotatable bonds is 8. The van der Waals surface area contributed by atoms with Gasteiger partial charge >= 0.3 is 5.97 Å². The summed E-state index contributed by atoms with van der Waals surface area (Å²) < 4.78 is 11.5. The molecule has 2 rings (SSSR count). The van der Waals surface area contributed by atoms with Gasteiger partial charge in [0.2, 0.25) is 0 Å². The first kappa shape index (κ1) is 19.8. The minimum absolute atomic E-state index is 0.253. The Balaban J connectivity index is 2.29. The normalized spacial score (nSPS) is 11.5. The maximum atomic E-state index is 12.5. The fourth-order valence-corrected chi connectivity index (χ4v) is 2.87. The Bertz CT molecular complexity index is 793. The molecule has 2 N–H and O–H groups in total. The summed E-state index contributed by atoms with van der Waals surface area (Å²) in [5.74, 6) is -0.328. The van der Waals surface area contributed by atoms with Crippen molar-refractivity contribution in [3.8, 4) is 11.5 Å². The second-order valence-electron chi connectivity index (χ2n) is 5.48. The SMILES string of the molecule is CCOc1ccc(C(CC(=O)O)NC(=O)c2cccc(Br)c2)cc1OC. The van der Waals surface area contributed by atoms with Crippen LogP contribution in [0.2, 0.25) is 0 Å². The van der Waals surface area contributed by atoms with Gasteiger partial charge in [0.15, 0.2) is 11.5 Å². The molecule has 0 spiro atoms. The van der Waals surface area contributed by atoms with Crippen LogP contribution < -0.4 is 14.8 Å². The van der Waals surface area contributed by atoms with Crippen LogP contribution in [0.5, 0.6) is 11.5 Å². The average Bonchev–Trinajstić information content (AvgIpc) is 2.61. The topological polar surface area (TPSA) is 84.9 Å². The summed E-state index contributed by atoms with van der Waals surface area (Å²) in [7, 11) is 1.51. The Morgan fingerprint density at radius 2 is 1.96 bits per heavy atom. The predicted molar refractivity (Wildman–Crippen MR) is 101 cm³/mol. The summed E-state index contributed by atoms with van der Waals surface area (Å²) in [6, 6.07) is 11.3. The smallest absolute Gasteiger partial charge is 0.305 e. The largest absolute Gasteiger partial charge is 0.493 e. The van der Waals surface area contributed by atoms with Crippen LogP contribution in [0.25, 0.3) is 0 Å². The highest BCUT2D eigenvalue weighted by Gasteiger charge is 2.21. The molecule has 0 aromatic heterocycles. The summed E-state index contributed by atoms with van der Waals surface area (Å²) in [5.41, 5.74) is 1.06. The average molecular weight is 422 g/mol. The lowest BCUT2D eigenvalue weighted by atomic mass is 10.0. The van der Waals surface area contributed by atoms with Crippen LogP contribution in [0.4, 0.5) is 0 Å². The van der Waals surface area contributed by atoms with Crippen LogP contribution in [-0.4, -0.2) is 30.7 Å². The highest BCUT2D eigenvalue weighted by molar-refractivity contribution is 9.10. The number of carboxylic acids is 1. The van der Waals surface area contributed by atoms with E-state index in [4.69, 9.17) is 9.47 Å². The van der Waals surface area contributed by atoms with Gasteiger partial charge in [0.05, 0.1) is 26.2 Å². The number of halogens is 1. The third-order valence-corrected chi connectivity index (χ3v) is 4.15. The number of aliphatic carboxylic acids is 1. The number of benzene rings is 2. The molecule has 1 atom stereocenters. The van der Waals surface area contributed by atoms with E-state index in [0.717, 1.165) is 4.47 Å². The first-order valence-electron chi connectivity index (χ1n) is 8.03. The van der Waals surface area contributed by atoms with E-state index in [1.807, 2.05) is 13.0 Å². The maximum Gasteiger partial charge on any atom is 0.305 e. The van der Waals surface area contributed by atoms with E-state index in [-0.39, 0.29) is 12.3 Å². The summed E-state index contributed by atoms with van der Waals surface area (Å²) in [4.78, 5) is 23.8. The molecule has 0 aliphatic carbocycles. The van der Waals surface area contributed by atoms with E-state index in [2.05, 4.69) is 21.2 Å². The first-order valence-corrected chi connectivity index (χ1v) is 8.82. The van der Waals surface area contributed by atoms with Crippen molar-refractivity contribution in [2.75, 3.05) is 13.7 Å². The van der Waals surface area contributed by atoms with Crippen molar-refractivity contribution in [3.63, 3.8) is 0 Å². The number of carbonyl (C=O) groups is 2. The lowest BCUT2D eigenvalue weighted by Crippen LogP contribution is -2.30. The van der Waals surface area contributed by atoms with Crippen molar-refractivity contribution in [3.05, 3.63) is 58.1 Å². The quantitative estimate of drug-likeness (QED) is 0.676. The number of nitrogens with one attached hydrogen (secondary N) is 1. The lowest BCUT2D eigenvalue weighted by Gasteiger charge is -2.19. The lowest BCUT2D eigenvalue weighted by molar-refractivity contribution is -0.137. The molecule has 6 nitrogen and oxygen atoms in total. The third kappa shape index (κ3) is 5.23. The molecule has 0 bridgehead atoms. The van der Waals surface area contributed by atoms with Gasteiger partial charge in [-0.15, -0.1) is 0 Å². The highest BCUT2D eigenvalue weighted by Crippen LogP contribution is 2.31. The zero-order valence-corrected chi connectivity index (χ0v) is 16.1. The van der Waals surface area contributed by atoms with Crippen molar-refractivity contribution in [1.29, 1.82) is 0 Å². The van der Waals surface area contributed by atoms with Crippen molar-refractivity contribution in [1.82, 2.24) is 5.32 Å². The van der Waals surface area contributed by atoms with Gasteiger partial charge in [0.25, 0.3) is 5.91 Å².